The Morgan fingerprint density at radius 1 is 1.29 bits per heavy atom. The van der Waals surface area contributed by atoms with Gasteiger partial charge in [0.25, 0.3) is 0 Å². The first-order valence-corrected chi connectivity index (χ1v) is 5.37. The molecule has 0 bridgehead atoms. The lowest BCUT2D eigenvalue weighted by atomic mass is 10.1. The molecule has 0 spiro atoms. The molecule has 0 fully saturated rings. The smallest absolute Gasteiger partial charge is 0.0272 e. The average molecular weight is 202 g/mol. The quantitative estimate of drug-likeness (QED) is 0.652. The van der Waals surface area contributed by atoms with Gasteiger partial charge in [-0.25, -0.2) is 0 Å². The fourth-order valence-corrected chi connectivity index (χ4v) is 1.56. The van der Waals surface area contributed by atoms with Gasteiger partial charge in [0.1, 0.15) is 0 Å². The molecule has 0 aromatic heterocycles. The highest BCUT2D eigenvalue weighted by atomic mass is 32.2. The van der Waals surface area contributed by atoms with E-state index < -0.39 is 0 Å². The van der Waals surface area contributed by atoms with Crippen molar-refractivity contribution < 1.29 is 0 Å². The predicted octanol–water partition coefficient (Wildman–Crippen LogP) is 4.47. The summed E-state index contributed by atoms with van der Waals surface area (Å²) < 4.78 is 0. The van der Waals surface area contributed by atoms with Crippen LogP contribution in [0, 0.1) is 0 Å². The van der Waals surface area contributed by atoms with Crippen molar-refractivity contribution in [2.45, 2.75) is 13.8 Å². The SMILES string of the molecule is C=C=C(C)S/C=C(\C)c1ccccc1. The lowest BCUT2D eigenvalue weighted by molar-refractivity contribution is 1.58. The third-order valence-electron chi connectivity index (χ3n) is 1.89. The van der Waals surface area contributed by atoms with Crippen molar-refractivity contribution in [2.24, 2.45) is 0 Å². The van der Waals surface area contributed by atoms with Crippen LogP contribution in [0.3, 0.4) is 0 Å². The van der Waals surface area contributed by atoms with Crippen molar-refractivity contribution in [2.75, 3.05) is 0 Å². The molecule has 1 heteroatoms. The minimum Gasteiger partial charge on any atom is -0.118 e. The lowest BCUT2D eigenvalue weighted by Crippen LogP contribution is -1.76. The zero-order valence-corrected chi connectivity index (χ0v) is 9.40. The average Bonchev–Trinajstić information content (AvgIpc) is 2.26. The number of hydrogen-bond acceptors (Lipinski definition) is 1. The van der Waals surface area contributed by atoms with E-state index in [1.165, 1.54) is 11.1 Å². The summed E-state index contributed by atoms with van der Waals surface area (Å²) in [6.07, 6.45) is 0. The first-order valence-electron chi connectivity index (χ1n) is 4.49. The van der Waals surface area contributed by atoms with Crippen LogP contribution in [0.2, 0.25) is 0 Å². The standard InChI is InChI=1S/C13H14S/c1-4-12(3)14-10-11(2)13-8-6-5-7-9-13/h5-10H,1H2,2-3H3/b11-10+. The molecule has 0 aliphatic rings. The van der Waals surface area contributed by atoms with Crippen LogP contribution in [0.1, 0.15) is 19.4 Å². The molecule has 0 N–H and O–H groups in total. The molecule has 0 radical (unpaired) electrons. The van der Waals surface area contributed by atoms with E-state index in [2.05, 4.69) is 36.8 Å². The number of allylic oxidation sites excluding steroid dienone is 2. The van der Waals surface area contributed by atoms with Crippen LogP contribution in [0.25, 0.3) is 5.57 Å². The molecule has 1 rings (SSSR count). The van der Waals surface area contributed by atoms with E-state index in [9.17, 15) is 0 Å². The van der Waals surface area contributed by atoms with Crippen molar-refractivity contribution >= 4 is 17.3 Å². The largest absolute Gasteiger partial charge is 0.118 e. The number of benzene rings is 1. The van der Waals surface area contributed by atoms with E-state index in [0.717, 1.165) is 4.91 Å². The van der Waals surface area contributed by atoms with Gasteiger partial charge in [0.2, 0.25) is 0 Å². The summed E-state index contributed by atoms with van der Waals surface area (Å²) in [6, 6.07) is 10.3. The Bertz CT molecular complexity index is 367. The van der Waals surface area contributed by atoms with Crippen LogP contribution in [-0.2, 0) is 0 Å². The fourth-order valence-electron chi connectivity index (χ4n) is 0.988. The molecule has 0 atom stereocenters. The Kier molecular flexibility index (Phi) is 4.31. The molecule has 0 amide bonds. The van der Waals surface area contributed by atoms with E-state index in [-0.39, 0.29) is 0 Å². The lowest BCUT2D eigenvalue weighted by Gasteiger charge is -2.00. The van der Waals surface area contributed by atoms with Gasteiger partial charge in [-0.2, -0.15) is 0 Å². The van der Waals surface area contributed by atoms with Crippen LogP contribution in [-0.4, -0.2) is 0 Å². The third-order valence-corrected chi connectivity index (χ3v) is 2.86. The minimum absolute atomic E-state index is 1.10. The normalized spacial score (nSPS) is 10.9. The monoisotopic (exact) mass is 202 g/mol. The summed E-state index contributed by atoms with van der Waals surface area (Å²) in [4.78, 5) is 1.10. The summed E-state index contributed by atoms with van der Waals surface area (Å²) in [6.45, 7) is 7.72. The van der Waals surface area contributed by atoms with E-state index in [1.807, 2.05) is 25.1 Å². The van der Waals surface area contributed by atoms with Gasteiger partial charge in [0.15, 0.2) is 0 Å². The first kappa shape index (κ1) is 10.9. The maximum atomic E-state index is 3.60. The highest BCUT2D eigenvalue weighted by Crippen LogP contribution is 2.21. The number of thioether (sulfide) groups is 1. The zero-order valence-electron chi connectivity index (χ0n) is 8.58. The van der Waals surface area contributed by atoms with E-state index in [4.69, 9.17) is 0 Å². The number of rotatable bonds is 3. The van der Waals surface area contributed by atoms with Gasteiger partial charge < -0.3 is 0 Å². The topological polar surface area (TPSA) is 0 Å². The molecule has 0 unspecified atom stereocenters. The van der Waals surface area contributed by atoms with E-state index in [0.29, 0.717) is 0 Å². The van der Waals surface area contributed by atoms with Crippen molar-refractivity contribution in [3.8, 4) is 0 Å². The van der Waals surface area contributed by atoms with Crippen molar-refractivity contribution in [3.05, 3.63) is 58.5 Å². The Balaban J connectivity index is 2.76. The van der Waals surface area contributed by atoms with Crippen LogP contribution < -0.4 is 0 Å². The summed E-state index contributed by atoms with van der Waals surface area (Å²) in [5, 5.41) is 2.13. The fraction of sp³-hybridized carbons (Fsp3) is 0.154. The summed E-state index contributed by atoms with van der Waals surface area (Å²) in [7, 11) is 0. The molecule has 1 aromatic rings. The van der Waals surface area contributed by atoms with Gasteiger partial charge in [-0.15, -0.1) is 5.73 Å². The van der Waals surface area contributed by atoms with Crippen molar-refractivity contribution in [1.29, 1.82) is 0 Å². The highest BCUT2D eigenvalue weighted by Gasteiger charge is 1.93. The second-order valence-corrected chi connectivity index (χ2v) is 4.10. The Morgan fingerprint density at radius 2 is 1.93 bits per heavy atom. The van der Waals surface area contributed by atoms with Crippen molar-refractivity contribution in [3.63, 3.8) is 0 Å². The van der Waals surface area contributed by atoms with Crippen molar-refractivity contribution in [1.82, 2.24) is 0 Å². The van der Waals surface area contributed by atoms with E-state index >= 15 is 0 Å². The van der Waals surface area contributed by atoms with Crippen LogP contribution >= 0.6 is 11.8 Å². The molecule has 14 heavy (non-hydrogen) atoms. The maximum absolute atomic E-state index is 3.60. The van der Waals surface area contributed by atoms with E-state index in [1.54, 1.807) is 11.8 Å². The maximum Gasteiger partial charge on any atom is 0.0272 e. The van der Waals surface area contributed by atoms with Gasteiger partial charge in [-0.3, -0.25) is 0 Å². The Labute approximate surface area is 90.0 Å². The molecule has 72 valence electrons. The second kappa shape index (κ2) is 5.54. The molecular weight excluding hydrogens is 188 g/mol. The molecular formula is C13H14S. The molecule has 0 saturated heterocycles. The molecule has 0 nitrogen and oxygen atoms in total. The summed E-state index contributed by atoms with van der Waals surface area (Å²) in [5.74, 6) is 0. The van der Waals surface area contributed by atoms with Crippen LogP contribution in [0.15, 0.2) is 53.0 Å². The molecule has 1 aromatic carbocycles. The van der Waals surface area contributed by atoms with Gasteiger partial charge in [0.05, 0.1) is 0 Å². The number of hydrogen-bond donors (Lipinski definition) is 0. The molecule has 0 aliphatic heterocycles. The molecule has 0 heterocycles. The summed E-state index contributed by atoms with van der Waals surface area (Å²) >= 11 is 1.66. The van der Waals surface area contributed by atoms with Crippen LogP contribution in [0.5, 0.6) is 0 Å². The molecule has 0 saturated carbocycles. The Hall–Kier alpha value is -1.17. The summed E-state index contributed by atoms with van der Waals surface area (Å²) in [5.41, 5.74) is 5.39. The Morgan fingerprint density at radius 3 is 2.50 bits per heavy atom. The second-order valence-electron chi connectivity index (χ2n) is 3.02. The third kappa shape index (κ3) is 3.29. The highest BCUT2D eigenvalue weighted by molar-refractivity contribution is 8.05. The van der Waals surface area contributed by atoms with Gasteiger partial charge in [-0.05, 0) is 30.4 Å². The minimum atomic E-state index is 1.10. The predicted molar refractivity (Wildman–Crippen MR) is 66.0 cm³/mol. The van der Waals surface area contributed by atoms with Gasteiger partial charge >= 0.3 is 0 Å². The first-order chi connectivity index (χ1) is 6.74. The van der Waals surface area contributed by atoms with Gasteiger partial charge in [-0.1, -0.05) is 48.7 Å². The molecule has 0 aliphatic carbocycles. The van der Waals surface area contributed by atoms with Gasteiger partial charge in [0, 0.05) is 4.91 Å². The van der Waals surface area contributed by atoms with Crippen LogP contribution in [0.4, 0.5) is 0 Å². The zero-order chi connectivity index (χ0) is 10.4.